The van der Waals surface area contributed by atoms with Crippen molar-refractivity contribution in [3.05, 3.63) is 36.0 Å². The van der Waals surface area contributed by atoms with Gasteiger partial charge in [-0.2, -0.15) is 0 Å². The number of fused-ring (bicyclic) bond motifs is 1. The van der Waals surface area contributed by atoms with Crippen LogP contribution in [-0.4, -0.2) is 72.5 Å². The lowest BCUT2D eigenvalue weighted by molar-refractivity contribution is 0.124. The number of hydrogen-bond donors (Lipinski definition) is 1. The number of rotatable bonds is 3. The molecule has 1 aliphatic rings. The van der Waals surface area contributed by atoms with Crippen LogP contribution in [0.4, 0.5) is 4.79 Å². The van der Waals surface area contributed by atoms with Gasteiger partial charge >= 0.3 is 6.03 Å². The molecule has 22 heavy (non-hydrogen) atoms. The van der Waals surface area contributed by atoms with E-state index < -0.39 is 0 Å². The van der Waals surface area contributed by atoms with Crippen molar-refractivity contribution in [1.29, 1.82) is 0 Å². The first-order valence-corrected chi connectivity index (χ1v) is 7.89. The van der Waals surface area contributed by atoms with E-state index in [2.05, 4.69) is 40.3 Å². The highest BCUT2D eigenvalue weighted by molar-refractivity contribution is 5.83. The first-order valence-electron chi connectivity index (χ1n) is 7.89. The summed E-state index contributed by atoms with van der Waals surface area (Å²) in [5.74, 6) is 0. The van der Waals surface area contributed by atoms with Crippen LogP contribution in [0.2, 0.25) is 0 Å². The van der Waals surface area contributed by atoms with Crippen LogP contribution in [0.3, 0.4) is 0 Å². The Bertz CT molecular complexity index is 641. The summed E-state index contributed by atoms with van der Waals surface area (Å²) in [6, 6.07) is 8.56. The molecule has 1 N–H and O–H groups in total. The normalized spacial score (nSPS) is 16.2. The van der Waals surface area contributed by atoms with Crippen LogP contribution < -0.4 is 0 Å². The third-order valence-corrected chi connectivity index (χ3v) is 4.40. The molecule has 0 unspecified atom stereocenters. The van der Waals surface area contributed by atoms with Crippen LogP contribution in [0.1, 0.15) is 5.56 Å². The van der Waals surface area contributed by atoms with E-state index in [-0.39, 0.29) is 6.03 Å². The van der Waals surface area contributed by atoms with Gasteiger partial charge in [-0.1, -0.05) is 18.2 Å². The Balaban J connectivity index is 1.52. The Kier molecular flexibility index (Phi) is 4.34. The van der Waals surface area contributed by atoms with Crippen LogP contribution in [0.5, 0.6) is 0 Å². The van der Waals surface area contributed by atoms with Crippen molar-refractivity contribution in [3.8, 4) is 0 Å². The zero-order valence-electron chi connectivity index (χ0n) is 13.4. The molecule has 1 aromatic carbocycles. The molecule has 0 spiro atoms. The van der Waals surface area contributed by atoms with Gasteiger partial charge < -0.3 is 14.8 Å². The van der Waals surface area contributed by atoms with Crippen molar-refractivity contribution in [1.82, 2.24) is 19.7 Å². The highest BCUT2D eigenvalue weighted by Gasteiger charge is 2.21. The number of para-hydroxylation sites is 1. The van der Waals surface area contributed by atoms with Gasteiger partial charge in [-0.15, -0.1) is 0 Å². The van der Waals surface area contributed by atoms with Gasteiger partial charge in [0.05, 0.1) is 0 Å². The Labute approximate surface area is 131 Å². The summed E-state index contributed by atoms with van der Waals surface area (Å²) in [6.07, 6.45) is 3.17. The SMILES string of the molecule is CN(C)C(=O)N1CCN(CCc2c[nH]c3ccccc23)CC1. The van der Waals surface area contributed by atoms with Gasteiger partial charge in [0.1, 0.15) is 0 Å². The molecule has 2 amide bonds. The van der Waals surface area contributed by atoms with Crippen molar-refractivity contribution in [2.75, 3.05) is 46.8 Å². The molecule has 0 aliphatic carbocycles. The number of H-pyrrole nitrogens is 1. The van der Waals surface area contributed by atoms with Crippen molar-refractivity contribution >= 4 is 16.9 Å². The molecule has 5 heteroatoms. The third-order valence-electron chi connectivity index (χ3n) is 4.40. The first kappa shape index (κ1) is 14.9. The van der Waals surface area contributed by atoms with E-state index in [1.165, 1.54) is 16.5 Å². The van der Waals surface area contributed by atoms with Gasteiger partial charge in [-0.3, -0.25) is 4.90 Å². The summed E-state index contributed by atoms with van der Waals surface area (Å²) in [5, 5.41) is 1.32. The predicted molar refractivity (Wildman–Crippen MR) is 89.1 cm³/mol. The van der Waals surface area contributed by atoms with Gasteiger partial charge in [0.15, 0.2) is 0 Å². The fourth-order valence-electron chi connectivity index (χ4n) is 3.06. The molecule has 2 aromatic rings. The molecule has 118 valence electrons. The summed E-state index contributed by atoms with van der Waals surface area (Å²) in [7, 11) is 3.62. The molecule has 1 fully saturated rings. The van der Waals surface area contributed by atoms with E-state index in [0.29, 0.717) is 0 Å². The van der Waals surface area contributed by atoms with Crippen molar-refractivity contribution in [2.45, 2.75) is 6.42 Å². The molecule has 0 atom stereocenters. The lowest BCUT2D eigenvalue weighted by Gasteiger charge is -2.35. The van der Waals surface area contributed by atoms with Gasteiger partial charge in [-0.05, 0) is 18.1 Å². The highest BCUT2D eigenvalue weighted by Crippen LogP contribution is 2.18. The number of aromatic amines is 1. The zero-order valence-corrected chi connectivity index (χ0v) is 13.4. The van der Waals surface area contributed by atoms with E-state index in [1.807, 2.05) is 19.0 Å². The maximum Gasteiger partial charge on any atom is 0.319 e. The quantitative estimate of drug-likeness (QED) is 0.942. The maximum absolute atomic E-state index is 11.9. The van der Waals surface area contributed by atoms with Crippen LogP contribution in [0.15, 0.2) is 30.5 Å². The molecule has 2 heterocycles. The van der Waals surface area contributed by atoms with Gasteiger partial charge in [-0.25, -0.2) is 4.79 Å². The Morgan fingerprint density at radius 2 is 1.91 bits per heavy atom. The van der Waals surface area contributed by atoms with E-state index in [4.69, 9.17) is 0 Å². The number of carbonyl (C=O) groups is 1. The largest absolute Gasteiger partial charge is 0.361 e. The van der Waals surface area contributed by atoms with E-state index in [0.717, 1.165) is 39.1 Å². The smallest absolute Gasteiger partial charge is 0.319 e. The minimum Gasteiger partial charge on any atom is -0.361 e. The summed E-state index contributed by atoms with van der Waals surface area (Å²) in [4.78, 5) is 21.3. The molecule has 5 nitrogen and oxygen atoms in total. The molecule has 3 rings (SSSR count). The second-order valence-electron chi connectivity index (χ2n) is 6.12. The van der Waals surface area contributed by atoms with Crippen LogP contribution in [0.25, 0.3) is 10.9 Å². The van der Waals surface area contributed by atoms with Crippen LogP contribution in [0, 0.1) is 0 Å². The number of hydrogen-bond acceptors (Lipinski definition) is 2. The summed E-state index contributed by atoms with van der Waals surface area (Å²) >= 11 is 0. The van der Waals surface area contributed by atoms with E-state index in [1.54, 1.807) is 4.90 Å². The fraction of sp³-hybridized carbons (Fsp3) is 0.471. The van der Waals surface area contributed by atoms with Gasteiger partial charge in [0.2, 0.25) is 0 Å². The lowest BCUT2D eigenvalue weighted by Crippen LogP contribution is -2.51. The first-order chi connectivity index (χ1) is 10.6. The summed E-state index contributed by atoms with van der Waals surface area (Å²) in [6.45, 7) is 4.62. The van der Waals surface area contributed by atoms with Gasteiger partial charge in [0.25, 0.3) is 0 Å². The molecule has 1 aliphatic heterocycles. The zero-order chi connectivity index (χ0) is 15.5. The number of piperazine rings is 1. The Morgan fingerprint density at radius 1 is 1.18 bits per heavy atom. The molecule has 0 bridgehead atoms. The number of nitrogens with zero attached hydrogens (tertiary/aromatic N) is 3. The summed E-state index contributed by atoms with van der Waals surface area (Å²) < 4.78 is 0. The number of urea groups is 1. The minimum atomic E-state index is 0.122. The maximum atomic E-state index is 11.9. The number of amides is 2. The topological polar surface area (TPSA) is 42.6 Å². The average Bonchev–Trinajstić information content (AvgIpc) is 2.96. The Morgan fingerprint density at radius 3 is 2.64 bits per heavy atom. The van der Waals surface area contributed by atoms with Gasteiger partial charge in [0, 0.05) is 63.9 Å². The van der Waals surface area contributed by atoms with Crippen LogP contribution in [-0.2, 0) is 6.42 Å². The number of nitrogens with one attached hydrogen (secondary N) is 1. The molecule has 0 radical (unpaired) electrons. The number of aromatic nitrogens is 1. The van der Waals surface area contributed by atoms with Crippen molar-refractivity contribution in [2.24, 2.45) is 0 Å². The van der Waals surface area contributed by atoms with E-state index >= 15 is 0 Å². The molecular formula is C17H24N4O. The number of benzene rings is 1. The van der Waals surface area contributed by atoms with Crippen molar-refractivity contribution in [3.63, 3.8) is 0 Å². The second-order valence-corrected chi connectivity index (χ2v) is 6.12. The monoisotopic (exact) mass is 300 g/mol. The number of carbonyl (C=O) groups excluding carboxylic acids is 1. The highest BCUT2D eigenvalue weighted by atomic mass is 16.2. The molecule has 0 saturated carbocycles. The standard InChI is InChI=1S/C17H24N4O/c1-19(2)17(22)21-11-9-20(10-12-21)8-7-14-13-18-16-6-4-3-5-15(14)16/h3-6,13,18H,7-12H2,1-2H3. The molecule has 1 aromatic heterocycles. The fourth-order valence-corrected chi connectivity index (χ4v) is 3.06. The predicted octanol–water partition coefficient (Wildman–Crippen LogP) is 2.01. The van der Waals surface area contributed by atoms with E-state index in [9.17, 15) is 4.79 Å². The lowest BCUT2D eigenvalue weighted by atomic mass is 10.1. The van der Waals surface area contributed by atoms with Crippen LogP contribution >= 0.6 is 0 Å². The summed E-state index contributed by atoms with van der Waals surface area (Å²) in [5.41, 5.74) is 2.58. The Hall–Kier alpha value is -2.01. The second kappa shape index (κ2) is 6.40. The minimum absolute atomic E-state index is 0.122. The average molecular weight is 300 g/mol. The molecule has 1 saturated heterocycles. The third kappa shape index (κ3) is 3.09. The van der Waals surface area contributed by atoms with Crippen molar-refractivity contribution < 1.29 is 4.79 Å². The molecular weight excluding hydrogens is 276 g/mol.